The van der Waals surface area contributed by atoms with Gasteiger partial charge in [0, 0.05) is 17.9 Å². The molecule has 1 amide bonds. The molecule has 3 heterocycles. The van der Waals surface area contributed by atoms with Crippen LogP contribution in [0, 0.1) is 0 Å². The largest absolute Gasteiger partial charge is 0.310 e. The normalized spacial score (nSPS) is 13.5. The van der Waals surface area contributed by atoms with Gasteiger partial charge in [0.25, 0.3) is 5.91 Å². The molecule has 0 aliphatic carbocycles. The van der Waals surface area contributed by atoms with Crippen LogP contribution in [0.2, 0.25) is 0 Å². The Bertz CT molecular complexity index is 1530. The number of hydrogen-bond acceptors (Lipinski definition) is 6. The topological polar surface area (TPSA) is 98.0 Å². The van der Waals surface area contributed by atoms with Gasteiger partial charge in [-0.3, -0.25) is 9.69 Å². The molecule has 2 aromatic carbocycles. The summed E-state index contributed by atoms with van der Waals surface area (Å²) in [6, 6.07) is 18.1. The molecule has 0 atom stereocenters. The maximum absolute atomic E-state index is 13.3. The molecule has 0 fully saturated rings. The maximum atomic E-state index is 13.3. The Labute approximate surface area is 197 Å². The van der Waals surface area contributed by atoms with Crippen LogP contribution in [-0.4, -0.2) is 40.3 Å². The summed E-state index contributed by atoms with van der Waals surface area (Å²) in [7, 11) is -3.33. The van der Waals surface area contributed by atoms with Crippen molar-refractivity contribution in [2.75, 3.05) is 11.2 Å². The van der Waals surface area contributed by atoms with E-state index in [0.717, 1.165) is 16.7 Å². The molecule has 0 saturated carbocycles. The fourth-order valence-corrected chi connectivity index (χ4v) is 4.74. The highest BCUT2D eigenvalue weighted by Crippen LogP contribution is 2.32. The van der Waals surface area contributed by atoms with Crippen LogP contribution in [0.15, 0.2) is 71.9 Å². The summed E-state index contributed by atoms with van der Waals surface area (Å²) < 4.78 is 25.8. The van der Waals surface area contributed by atoms with Crippen molar-refractivity contribution in [2.45, 2.75) is 31.3 Å². The lowest BCUT2D eigenvalue weighted by atomic mass is 10.0. The van der Waals surface area contributed by atoms with E-state index >= 15 is 0 Å². The lowest BCUT2D eigenvalue weighted by molar-refractivity contribution is 0.0996. The fourth-order valence-electron chi connectivity index (χ4n) is 4.07. The number of sulfone groups is 1. The van der Waals surface area contributed by atoms with Crippen molar-refractivity contribution in [3.63, 3.8) is 0 Å². The van der Waals surface area contributed by atoms with Crippen molar-refractivity contribution in [3.05, 3.63) is 78.1 Å². The Morgan fingerprint density at radius 1 is 0.971 bits per heavy atom. The van der Waals surface area contributed by atoms with Gasteiger partial charge in [-0.15, -0.1) is 10.2 Å². The van der Waals surface area contributed by atoms with Gasteiger partial charge >= 0.3 is 0 Å². The van der Waals surface area contributed by atoms with Crippen molar-refractivity contribution in [1.82, 2.24) is 19.7 Å². The summed E-state index contributed by atoms with van der Waals surface area (Å²) in [6.07, 6.45) is 2.85. The van der Waals surface area contributed by atoms with Crippen LogP contribution in [-0.2, 0) is 16.4 Å². The van der Waals surface area contributed by atoms with E-state index < -0.39 is 9.84 Å². The smallest absolute Gasteiger partial charge is 0.260 e. The van der Waals surface area contributed by atoms with Crippen molar-refractivity contribution in [1.29, 1.82) is 0 Å². The Hall–Kier alpha value is -3.85. The molecule has 8 nitrogen and oxygen atoms in total. The zero-order valence-corrected chi connectivity index (χ0v) is 19.8. The van der Waals surface area contributed by atoms with E-state index in [1.165, 1.54) is 6.26 Å². The SMILES string of the molecule is CC(C)n1cnnc1-c1cccc(N2Cc3ccc(-c4cccc(S(C)(=O)=O)c4)cc3C2=O)n1. The van der Waals surface area contributed by atoms with Gasteiger partial charge < -0.3 is 4.57 Å². The minimum Gasteiger partial charge on any atom is -0.310 e. The second-order valence-electron chi connectivity index (χ2n) is 8.60. The van der Waals surface area contributed by atoms with Gasteiger partial charge in [0.1, 0.15) is 17.8 Å². The Morgan fingerprint density at radius 2 is 1.74 bits per heavy atom. The summed E-state index contributed by atoms with van der Waals surface area (Å²) in [5.74, 6) is 1.04. The molecule has 0 bridgehead atoms. The van der Waals surface area contributed by atoms with Crippen molar-refractivity contribution in [3.8, 4) is 22.6 Å². The van der Waals surface area contributed by atoms with Crippen LogP contribution in [0.4, 0.5) is 5.82 Å². The highest BCUT2D eigenvalue weighted by atomic mass is 32.2. The van der Waals surface area contributed by atoms with Gasteiger partial charge in [-0.25, -0.2) is 13.4 Å². The minimum absolute atomic E-state index is 0.147. The number of pyridine rings is 1. The zero-order valence-electron chi connectivity index (χ0n) is 19.0. The van der Waals surface area contributed by atoms with Gasteiger partial charge in [-0.1, -0.05) is 30.3 Å². The molecule has 0 radical (unpaired) electrons. The molecule has 34 heavy (non-hydrogen) atoms. The monoisotopic (exact) mass is 473 g/mol. The van der Waals surface area contributed by atoms with Crippen molar-refractivity contribution >= 4 is 21.6 Å². The molecule has 9 heteroatoms. The fraction of sp³-hybridized carbons (Fsp3) is 0.200. The Balaban J connectivity index is 1.48. The van der Waals surface area contributed by atoms with Gasteiger partial charge in [-0.2, -0.15) is 0 Å². The van der Waals surface area contributed by atoms with Gasteiger partial charge in [0.05, 0.1) is 11.4 Å². The average molecular weight is 474 g/mol. The average Bonchev–Trinajstić information content (AvgIpc) is 3.44. The van der Waals surface area contributed by atoms with E-state index in [1.807, 2.05) is 54.8 Å². The van der Waals surface area contributed by atoms with Crippen LogP contribution >= 0.6 is 0 Å². The summed E-state index contributed by atoms with van der Waals surface area (Å²) in [4.78, 5) is 19.9. The highest BCUT2D eigenvalue weighted by molar-refractivity contribution is 7.90. The number of carbonyl (C=O) groups excluding carboxylic acids is 1. The molecular formula is C25H23N5O3S. The van der Waals surface area contributed by atoms with E-state index in [-0.39, 0.29) is 16.8 Å². The van der Waals surface area contributed by atoms with E-state index in [1.54, 1.807) is 35.5 Å². The number of aromatic nitrogens is 4. The van der Waals surface area contributed by atoms with Crippen LogP contribution in [0.25, 0.3) is 22.6 Å². The number of hydrogen-bond donors (Lipinski definition) is 0. The summed E-state index contributed by atoms with van der Waals surface area (Å²) in [6.45, 7) is 4.49. The van der Waals surface area contributed by atoms with Crippen molar-refractivity contribution in [2.24, 2.45) is 0 Å². The molecule has 1 aliphatic rings. The van der Waals surface area contributed by atoms with Gasteiger partial charge in [-0.05, 0) is 60.9 Å². The Kier molecular flexibility index (Phi) is 5.28. The predicted octanol–water partition coefficient (Wildman–Crippen LogP) is 4.15. The molecule has 0 N–H and O–H groups in total. The van der Waals surface area contributed by atoms with Gasteiger partial charge in [0.15, 0.2) is 15.7 Å². The number of anilines is 1. The quantitative estimate of drug-likeness (QED) is 0.432. The predicted molar refractivity (Wildman–Crippen MR) is 129 cm³/mol. The van der Waals surface area contributed by atoms with E-state index in [0.29, 0.717) is 29.4 Å². The summed E-state index contributed by atoms with van der Waals surface area (Å²) in [5, 5.41) is 8.22. The first-order chi connectivity index (χ1) is 16.2. The molecule has 1 aliphatic heterocycles. The van der Waals surface area contributed by atoms with Crippen LogP contribution in [0.3, 0.4) is 0 Å². The number of fused-ring (bicyclic) bond motifs is 1. The third-order valence-electron chi connectivity index (χ3n) is 5.88. The first kappa shape index (κ1) is 22.0. The number of amides is 1. The lowest BCUT2D eigenvalue weighted by Gasteiger charge is -2.16. The molecule has 0 spiro atoms. The number of nitrogens with zero attached hydrogens (tertiary/aromatic N) is 5. The third-order valence-corrected chi connectivity index (χ3v) is 6.99. The first-order valence-corrected chi connectivity index (χ1v) is 12.7. The summed E-state index contributed by atoms with van der Waals surface area (Å²) in [5.41, 5.74) is 3.65. The number of carbonyl (C=O) groups is 1. The summed E-state index contributed by atoms with van der Waals surface area (Å²) >= 11 is 0. The maximum Gasteiger partial charge on any atom is 0.260 e. The minimum atomic E-state index is -3.33. The van der Waals surface area contributed by atoms with E-state index in [4.69, 9.17) is 4.98 Å². The molecular weight excluding hydrogens is 450 g/mol. The van der Waals surface area contributed by atoms with Gasteiger partial charge in [0.2, 0.25) is 0 Å². The van der Waals surface area contributed by atoms with Crippen LogP contribution in [0.1, 0.15) is 35.8 Å². The number of rotatable bonds is 5. The molecule has 0 saturated heterocycles. The second-order valence-corrected chi connectivity index (χ2v) is 10.6. The van der Waals surface area contributed by atoms with Crippen molar-refractivity contribution < 1.29 is 13.2 Å². The Morgan fingerprint density at radius 3 is 2.50 bits per heavy atom. The third kappa shape index (κ3) is 3.88. The molecule has 172 valence electrons. The van der Waals surface area contributed by atoms with Crippen LogP contribution in [0.5, 0.6) is 0 Å². The van der Waals surface area contributed by atoms with E-state index in [9.17, 15) is 13.2 Å². The zero-order chi connectivity index (χ0) is 24.0. The highest BCUT2D eigenvalue weighted by Gasteiger charge is 2.30. The number of benzene rings is 2. The second kappa shape index (κ2) is 8.18. The standard InChI is InChI=1S/C25H23N5O3S/c1-16(2)30-15-26-28-24(30)22-8-5-9-23(27-22)29-14-19-11-10-18(13-21(19)25(29)31)17-6-4-7-20(12-17)34(3,32)33/h4-13,15-16H,14H2,1-3H3. The first-order valence-electron chi connectivity index (χ1n) is 10.8. The molecule has 4 aromatic rings. The molecule has 2 aromatic heterocycles. The molecule has 0 unspecified atom stereocenters. The van der Waals surface area contributed by atoms with Crippen LogP contribution < -0.4 is 4.90 Å². The molecule has 5 rings (SSSR count). The lowest BCUT2D eigenvalue weighted by Crippen LogP contribution is -2.24. The van der Waals surface area contributed by atoms with E-state index in [2.05, 4.69) is 10.2 Å².